The maximum Gasteiger partial charge on any atom is 0.257 e. The third-order valence-corrected chi connectivity index (χ3v) is 4.51. The van der Waals surface area contributed by atoms with Gasteiger partial charge in [-0.2, -0.15) is 4.98 Å². The molecule has 4 heterocycles. The second-order valence-electron chi connectivity index (χ2n) is 6.10. The molecule has 2 aliphatic heterocycles. The Labute approximate surface area is 144 Å². The molecule has 2 bridgehead atoms. The molecule has 2 aromatic heterocycles. The van der Waals surface area contributed by atoms with Crippen molar-refractivity contribution in [3.63, 3.8) is 0 Å². The van der Waals surface area contributed by atoms with Gasteiger partial charge in [0.15, 0.2) is 5.82 Å². The molecule has 0 amide bonds. The molecule has 24 heavy (non-hydrogen) atoms. The van der Waals surface area contributed by atoms with E-state index in [9.17, 15) is 0 Å². The van der Waals surface area contributed by atoms with Gasteiger partial charge in [0.25, 0.3) is 5.88 Å². The molecule has 2 aliphatic rings. The second-order valence-corrected chi connectivity index (χ2v) is 6.51. The Kier molecular flexibility index (Phi) is 3.93. The van der Waals surface area contributed by atoms with Crippen molar-refractivity contribution in [2.75, 3.05) is 30.5 Å². The number of rotatable bonds is 1. The molecule has 9 heteroatoms. The van der Waals surface area contributed by atoms with Gasteiger partial charge >= 0.3 is 0 Å². The lowest BCUT2D eigenvalue weighted by Gasteiger charge is -2.27. The van der Waals surface area contributed by atoms with Crippen molar-refractivity contribution in [2.24, 2.45) is 0 Å². The van der Waals surface area contributed by atoms with Crippen molar-refractivity contribution in [2.45, 2.75) is 32.4 Å². The van der Waals surface area contributed by atoms with Crippen LogP contribution in [-0.4, -0.2) is 45.6 Å². The average Bonchev–Trinajstić information content (AvgIpc) is 2.77. The molecule has 1 atom stereocenters. The van der Waals surface area contributed by atoms with Crippen LogP contribution in [-0.2, 0) is 4.74 Å². The molecule has 0 unspecified atom stereocenters. The Morgan fingerprint density at radius 2 is 2.21 bits per heavy atom. The molecule has 0 aromatic carbocycles. The van der Waals surface area contributed by atoms with Crippen LogP contribution in [0.5, 0.6) is 5.88 Å². The fraction of sp³-hybridized carbons (Fsp3) is 0.533. The number of hydrogen-bond donors (Lipinski definition) is 2. The summed E-state index contributed by atoms with van der Waals surface area (Å²) in [7, 11) is 0. The molecule has 0 aliphatic carbocycles. The van der Waals surface area contributed by atoms with Crippen LogP contribution in [0.25, 0.3) is 0 Å². The van der Waals surface area contributed by atoms with Crippen LogP contribution in [0.4, 0.5) is 17.5 Å². The van der Waals surface area contributed by atoms with Gasteiger partial charge in [-0.15, -0.1) is 5.10 Å². The highest BCUT2D eigenvalue weighted by Gasteiger charge is 2.27. The first-order valence-corrected chi connectivity index (χ1v) is 8.35. The fourth-order valence-corrected chi connectivity index (χ4v) is 2.88. The summed E-state index contributed by atoms with van der Waals surface area (Å²) in [6.07, 6.45) is 2.39. The average molecular weight is 351 g/mol. The van der Waals surface area contributed by atoms with E-state index < -0.39 is 0 Å². The number of nitrogens with zero attached hydrogens (tertiary/aromatic N) is 4. The summed E-state index contributed by atoms with van der Waals surface area (Å²) in [4.78, 5) is 8.73. The fourth-order valence-electron chi connectivity index (χ4n) is 2.74. The highest BCUT2D eigenvalue weighted by molar-refractivity contribution is 6.32. The highest BCUT2D eigenvalue weighted by Crippen LogP contribution is 2.34. The van der Waals surface area contributed by atoms with Crippen LogP contribution in [0.2, 0.25) is 5.02 Å². The smallest absolute Gasteiger partial charge is 0.257 e. The van der Waals surface area contributed by atoms with E-state index in [1.54, 1.807) is 6.20 Å². The van der Waals surface area contributed by atoms with Gasteiger partial charge in [0, 0.05) is 12.5 Å². The van der Waals surface area contributed by atoms with Crippen molar-refractivity contribution in [1.29, 1.82) is 0 Å². The van der Waals surface area contributed by atoms with Gasteiger partial charge in [0.1, 0.15) is 10.7 Å². The topological polar surface area (TPSA) is 86.1 Å². The number of ether oxygens (including phenoxy) is 2. The van der Waals surface area contributed by atoms with E-state index in [2.05, 4.69) is 32.6 Å². The summed E-state index contributed by atoms with van der Waals surface area (Å²) < 4.78 is 13.1. The summed E-state index contributed by atoms with van der Waals surface area (Å²) in [5, 5.41) is 11.6. The minimum atomic E-state index is 0.162. The summed E-state index contributed by atoms with van der Waals surface area (Å²) in [5.41, 5.74) is 1.75. The predicted molar refractivity (Wildman–Crippen MR) is 90.3 cm³/mol. The van der Waals surface area contributed by atoms with Gasteiger partial charge in [-0.25, -0.2) is 4.98 Å². The van der Waals surface area contributed by atoms with Gasteiger partial charge in [0.05, 0.1) is 37.8 Å². The number of anilines is 3. The van der Waals surface area contributed by atoms with Crippen LogP contribution < -0.4 is 15.4 Å². The lowest BCUT2D eigenvalue weighted by atomic mass is 10.2. The van der Waals surface area contributed by atoms with Crippen molar-refractivity contribution in [1.82, 2.24) is 19.7 Å². The summed E-state index contributed by atoms with van der Waals surface area (Å²) in [5.74, 6) is 1.63. The van der Waals surface area contributed by atoms with Crippen molar-refractivity contribution >= 4 is 29.1 Å². The molecule has 2 aromatic rings. The first kappa shape index (κ1) is 15.5. The number of nitrogens with one attached hydrogen (secondary N) is 2. The Morgan fingerprint density at radius 3 is 2.96 bits per heavy atom. The third kappa shape index (κ3) is 2.76. The molecule has 128 valence electrons. The maximum absolute atomic E-state index is 6.18. The van der Waals surface area contributed by atoms with Gasteiger partial charge in [0.2, 0.25) is 5.95 Å². The molecule has 1 saturated heterocycles. The van der Waals surface area contributed by atoms with Crippen LogP contribution in [0.3, 0.4) is 0 Å². The Hall–Kier alpha value is -2.06. The van der Waals surface area contributed by atoms with E-state index in [-0.39, 0.29) is 12.1 Å². The predicted octanol–water partition coefficient (Wildman–Crippen LogP) is 2.53. The molecule has 2 N–H and O–H groups in total. The monoisotopic (exact) mass is 350 g/mol. The van der Waals surface area contributed by atoms with Crippen molar-refractivity contribution in [3.05, 3.63) is 16.9 Å². The van der Waals surface area contributed by atoms with Crippen LogP contribution in [0, 0.1) is 6.92 Å². The molecule has 0 spiro atoms. The Bertz CT molecular complexity index is 761. The lowest BCUT2D eigenvalue weighted by molar-refractivity contribution is -0.0298. The molecule has 0 radical (unpaired) electrons. The normalized spacial score (nSPS) is 20.7. The number of hydrogen-bond acceptors (Lipinski definition) is 7. The molecule has 4 rings (SSSR count). The highest BCUT2D eigenvalue weighted by atomic mass is 35.5. The SMILES string of the molecule is Cc1c2c(nn1C1COC1)OCC[C@@H](C)Nc1nc(ncc1Cl)N2. The zero-order chi connectivity index (χ0) is 16.7. The first-order chi connectivity index (χ1) is 11.6. The van der Waals surface area contributed by atoms with E-state index in [1.165, 1.54) is 0 Å². The van der Waals surface area contributed by atoms with E-state index in [1.807, 2.05) is 11.6 Å². The van der Waals surface area contributed by atoms with Crippen molar-refractivity contribution in [3.8, 4) is 5.88 Å². The third-order valence-electron chi connectivity index (χ3n) is 4.24. The zero-order valence-electron chi connectivity index (χ0n) is 13.5. The van der Waals surface area contributed by atoms with Crippen LogP contribution in [0.1, 0.15) is 25.1 Å². The van der Waals surface area contributed by atoms with E-state index >= 15 is 0 Å². The van der Waals surface area contributed by atoms with Gasteiger partial charge < -0.3 is 20.1 Å². The maximum atomic E-state index is 6.18. The Morgan fingerprint density at radius 1 is 1.38 bits per heavy atom. The molecular weight excluding hydrogens is 332 g/mol. The van der Waals surface area contributed by atoms with E-state index in [4.69, 9.17) is 21.1 Å². The van der Waals surface area contributed by atoms with Gasteiger partial charge in [-0.1, -0.05) is 11.6 Å². The number of aromatic nitrogens is 4. The molecular formula is C15H19ClN6O2. The molecule has 1 fully saturated rings. The summed E-state index contributed by atoms with van der Waals surface area (Å²) >= 11 is 6.18. The minimum absolute atomic E-state index is 0.162. The van der Waals surface area contributed by atoms with Crippen molar-refractivity contribution < 1.29 is 9.47 Å². The standard InChI is InChI=1S/C15H19ClN6O2/c1-8-3-4-24-14-12(9(2)22(21-14)10-6-23-7-10)19-15-17-5-11(16)13(18-8)20-15/h5,8,10H,3-4,6-7H2,1-2H3,(H2,17,18,19,20)/t8-/m1/s1. The summed E-state index contributed by atoms with van der Waals surface area (Å²) in [6.45, 7) is 5.94. The minimum Gasteiger partial charge on any atom is -0.475 e. The first-order valence-electron chi connectivity index (χ1n) is 7.97. The summed E-state index contributed by atoms with van der Waals surface area (Å²) in [6, 6.07) is 0.410. The number of fused-ring (bicyclic) bond motifs is 3. The zero-order valence-corrected chi connectivity index (χ0v) is 14.3. The van der Waals surface area contributed by atoms with E-state index in [0.29, 0.717) is 42.5 Å². The number of halogens is 1. The van der Waals surface area contributed by atoms with Gasteiger partial charge in [-0.3, -0.25) is 4.68 Å². The molecule has 8 nitrogen and oxygen atoms in total. The molecule has 0 saturated carbocycles. The van der Waals surface area contributed by atoms with Gasteiger partial charge in [-0.05, 0) is 13.8 Å². The van der Waals surface area contributed by atoms with E-state index in [0.717, 1.165) is 17.8 Å². The second kappa shape index (κ2) is 6.10. The lowest BCUT2D eigenvalue weighted by Crippen LogP contribution is -2.32. The largest absolute Gasteiger partial charge is 0.475 e. The quantitative estimate of drug-likeness (QED) is 0.817. The van der Waals surface area contributed by atoms with Crippen LogP contribution in [0.15, 0.2) is 6.20 Å². The van der Waals surface area contributed by atoms with Crippen LogP contribution >= 0.6 is 11.6 Å². The Balaban J connectivity index is 1.74.